The summed E-state index contributed by atoms with van der Waals surface area (Å²) in [4.78, 5) is 22.7. The molecule has 3 rings (SSSR count). The largest absolute Gasteiger partial charge is 0.486 e. The number of carboxylic acids is 1. The third-order valence-electron chi connectivity index (χ3n) is 2.95. The van der Waals surface area contributed by atoms with Gasteiger partial charge in [0.2, 0.25) is 0 Å². The summed E-state index contributed by atoms with van der Waals surface area (Å²) in [5, 5.41) is 9.30. The molecule has 0 fully saturated rings. The molecule has 0 bridgehead atoms. The summed E-state index contributed by atoms with van der Waals surface area (Å²) in [6.45, 7) is 0.666. The minimum atomic E-state index is -0.972. The van der Waals surface area contributed by atoms with E-state index in [9.17, 15) is 9.59 Å². The Labute approximate surface area is 107 Å². The van der Waals surface area contributed by atoms with Gasteiger partial charge in [0.15, 0.2) is 16.9 Å². The Hall–Kier alpha value is -2.50. The molecule has 0 spiro atoms. The highest BCUT2D eigenvalue weighted by Crippen LogP contribution is 2.33. The van der Waals surface area contributed by atoms with E-state index in [-0.39, 0.29) is 12.0 Å². The monoisotopic (exact) mass is 261 g/mol. The van der Waals surface area contributed by atoms with E-state index in [2.05, 4.69) is 0 Å². The number of carboxylic acid groups (broad SMARTS) is 1. The molecule has 0 saturated heterocycles. The molecule has 1 aromatic carbocycles. The second-order valence-corrected chi connectivity index (χ2v) is 4.21. The van der Waals surface area contributed by atoms with Gasteiger partial charge in [-0.2, -0.15) is 0 Å². The fourth-order valence-electron chi connectivity index (χ4n) is 2.12. The highest BCUT2D eigenvalue weighted by Gasteiger charge is 2.15. The molecule has 2 aromatic rings. The maximum atomic E-state index is 11.8. The SMILES string of the molecule is O=C(O)Cn1ccc(=O)c2cc3c(cc21)OCCO3. The molecule has 98 valence electrons. The van der Waals surface area contributed by atoms with Crippen LogP contribution in [-0.2, 0) is 11.3 Å². The van der Waals surface area contributed by atoms with Gasteiger partial charge < -0.3 is 19.1 Å². The van der Waals surface area contributed by atoms with Crippen molar-refractivity contribution in [2.75, 3.05) is 13.2 Å². The minimum Gasteiger partial charge on any atom is -0.486 e. The van der Waals surface area contributed by atoms with Gasteiger partial charge in [0.05, 0.1) is 5.52 Å². The first-order chi connectivity index (χ1) is 9.15. The van der Waals surface area contributed by atoms with Crippen LogP contribution in [0.4, 0.5) is 0 Å². The number of fused-ring (bicyclic) bond motifs is 2. The molecule has 0 amide bonds. The summed E-state index contributed by atoms with van der Waals surface area (Å²) >= 11 is 0. The topological polar surface area (TPSA) is 77.8 Å². The van der Waals surface area contributed by atoms with Gasteiger partial charge in [0.1, 0.15) is 19.8 Å². The standard InChI is InChI=1S/C13H11NO5/c15-10-1-2-14(7-13(16)17)9-6-12-11(5-8(9)10)18-3-4-19-12/h1-2,5-6H,3-4,7H2,(H,16,17). The minimum absolute atomic E-state index is 0.173. The third-order valence-corrected chi connectivity index (χ3v) is 2.95. The summed E-state index contributed by atoms with van der Waals surface area (Å²) in [6, 6.07) is 4.60. The lowest BCUT2D eigenvalue weighted by molar-refractivity contribution is -0.137. The van der Waals surface area contributed by atoms with E-state index >= 15 is 0 Å². The van der Waals surface area contributed by atoms with E-state index in [1.54, 1.807) is 12.1 Å². The van der Waals surface area contributed by atoms with E-state index in [0.717, 1.165) is 0 Å². The Kier molecular flexibility index (Phi) is 2.63. The van der Waals surface area contributed by atoms with Gasteiger partial charge in [-0.25, -0.2) is 0 Å². The number of hydrogen-bond acceptors (Lipinski definition) is 4. The number of aromatic nitrogens is 1. The predicted molar refractivity (Wildman–Crippen MR) is 66.8 cm³/mol. The normalized spacial score (nSPS) is 13.5. The summed E-state index contributed by atoms with van der Waals surface area (Å²) in [5.74, 6) is 0.0762. The molecule has 6 heteroatoms. The maximum absolute atomic E-state index is 11.8. The lowest BCUT2D eigenvalue weighted by Gasteiger charge is -2.19. The Morgan fingerprint density at radius 1 is 1.26 bits per heavy atom. The lowest BCUT2D eigenvalue weighted by atomic mass is 10.1. The first-order valence-corrected chi connectivity index (χ1v) is 5.80. The van der Waals surface area contributed by atoms with Crippen LogP contribution in [0, 0.1) is 0 Å². The smallest absolute Gasteiger partial charge is 0.323 e. The van der Waals surface area contributed by atoms with Crippen LogP contribution in [0.15, 0.2) is 29.2 Å². The number of hydrogen-bond donors (Lipinski definition) is 1. The Morgan fingerprint density at radius 3 is 2.63 bits per heavy atom. The molecular formula is C13H11NO5. The van der Waals surface area contributed by atoms with Crippen molar-refractivity contribution in [2.24, 2.45) is 0 Å². The van der Waals surface area contributed by atoms with Gasteiger partial charge in [-0.05, 0) is 6.07 Å². The highest BCUT2D eigenvalue weighted by atomic mass is 16.6. The number of rotatable bonds is 2. The molecule has 0 radical (unpaired) electrons. The lowest BCUT2D eigenvalue weighted by Crippen LogP contribution is -2.17. The molecule has 1 aliphatic rings. The van der Waals surface area contributed by atoms with Crippen molar-refractivity contribution in [2.45, 2.75) is 6.54 Å². The average Bonchev–Trinajstić information content (AvgIpc) is 2.40. The predicted octanol–water partition coefficient (Wildman–Crippen LogP) is 0.857. The van der Waals surface area contributed by atoms with Gasteiger partial charge in [0, 0.05) is 23.7 Å². The van der Waals surface area contributed by atoms with Crippen molar-refractivity contribution in [3.8, 4) is 11.5 Å². The average molecular weight is 261 g/mol. The van der Waals surface area contributed by atoms with Crippen LogP contribution in [0.25, 0.3) is 10.9 Å². The van der Waals surface area contributed by atoms with Crippen molar-refractivity contribution in [1.29, 1.82) is 0 Å². The highest BCUT2D eigenvalue weighted by molar-refractivity contribution is 5.84. The zero-order valence-corrected chi connectivity index (χ0v) is 9.96. The zero-order valence-electron chi connectivity index (χ0n) is 9.96. The van der Waals surface area contributed by atoms with Gasteiger partial charge in [-0.1, -0.05) is 0 Å². The Morgan fingerprint density at radius 2 is 1.95 bits per heavy atom. The van der Waals surface area contributed by atoms with E-state index in [1.165, 1.54) is 16.8 Å². The molecule has 6 nitrogen and oxygen atoms in total. The van der Waals surface area contributed by atoms with Gasteiger partial charge in [-0.15, -0.1) is 0 Å². The molecule has 0 unspecified atom stereocenters. The molecule has 0 aliphatic carbocycles. The number of pyridine rings is 1. The van der Waals surface area contributed by atoms with Crippen molar-refractivity contribution in [1.82, 2.24) is 4.57 Å². The van der Waals surface area contributed by atoms with Crippen molar-refractivity contribution in [3.63, 3.8) is 0 Å². The molecular weight excluding hydrogens is 250 g/mol. The van der Waals surface area contributed by atoms with E-state index in [0.29, 0.717) is 35.6 Å². The fraction of sp³-hybridized carbons (Fsp3) is 0.231. The number of aliphatic carboxylic acids is 1. The molecule has 0 atom stereocenters. The second-order valence-electron chi connectivity index (χ2n) is 4.21. The van der Waals surface area contributed by atoms with Crippen LogP contribution in [0.5, 0.6) is 11.5 Å². The summed E-state index contributed by atoms with van der Waals surface area (Å²) in [5.41, 5.74) is 0.354. The Balaban J connectivity index is 2.27. The van der Waals surface area contributed by atoms with E-state index < -0.39 is 5.97 Å². The van der Waals surface area contributed by atoms with Crippen LogP contribution in [0.2, 0.25) is 0 Å². The molecule has 1 N–H and O–H groups in total. The van der Waals surface area contributed by atoms with Crippen LogP contribution in [0.3, 0.4) is 0 Å². The van der Waals surface area contributed by atoms with Gasteiger partial charge in [-0.3, -0.25) is 9.59 Å². The number of nitrogens with zero attached hydrogens (tertiary/aromatic N) is 1. The zero-order chi connectivity index (χ0) is 13.4. The number of benzene rings is 1. The van der Waals surface area contributed by atoms with Crippen LogP contribution < -0.4 is 14.9 Å². The summed E-state index contributed by atoms with van der Waals surface area (Å²) in [6.07, 6.45) is 1.47. The summed E-state index contributed by atoms with van der Waals surface area (Å²) in [7, 11) is 0. The molecule has 1 aromatic heterocycles. The molecule has 0 saturated carbocycles. The quantitative estimate of drug-likeness (QED) is 0.867. The maximum Gasteiger partial charge on any atom is 0.323 e. The first kappa shape index (κ1) is 11.6. The van der Waals surface area contributed by atoms with Crippen LogP contribution in [0.1, 0.15) is 0 Å². The van der Waals surface area contributed by atoms with Crippen LogP contribution >= 0.6 is 0 Å². The fourth-order valence-corrected chi connectivity index (χ4v) is 2.12. The van der Waals surface area contributed by atoms with E-state index in [4.69, 9.17) is 14.6 Å². The Bertz CT molecular complexity index is 719. The van der Waals surface area contributed by atoms with Gasteiger partial charge >= 0.3 is 5.97 Å². The third kappa shape index (κ3) is 2.01. The van der Waals surface area contributed by atoms with Crippen LogP contribution in [-0.4, -0.2) is 28.9 Å². The summed E-state index contributed by atoms with van der Waals surface area (Å²) < 4.78 is 12.4. The number of ether oxygens (including phenoxy) is 2. The van der Waals surface area contributed by atoms with Crippen molar-refractivity contribution < 1.29 is 19.4 Å². The molecule has 1 aliphatic heterocycles. The van der Waals surface area contributed by atoms with Crippen molar-refractivity contribution in [3.05, 3.63) is 34.6 Å². The first-order valence-electron chi connectivity index (χ1n) is 5.80. The molecule has 2 heterocycles. The van der Waals surface area contributed by atoms with Gasteiger partial charge in [0.25, 0.3) is 0 Å². The number of carbonyl (C=O) groups is 1. The van der Waals surface area contributed by atoms with E-state index in [1.807, 2.05) is 0 Å². The molecule has 19 heavy (non-hydrogen) atoms. The second kappa shape index (κ2) is 4.31. The van der Waals surface area contributed by atoms with Crippen molar-refractivity contribution >= 4 is 16.9 Å².